The van der Waals surface area contributed by atoms with Crippen molar-refractivity contribution in [2.24, 2.45) is 5.92 Å². The van der Waals surface area contributed by atoms with Crippen LogP contribution in [0.25, 0.3) is 0 Å². The van der Waals surface area contributed by atoms with Crippen molar-refractivity contribution in [1.82, 2.24) is 9.80 Å². The van der Waals surface area contributed by atoms with E-state index in [9.17, 15) is 4.79 Å². The quantitative estimate of drug-likeness (QED) is 0.659. The van der Waals surface area contributed by atoms with Crippen LogP contribution in [0.1, 0.15) is 26.7 Å². The van der Waals surface area contributed by atoms with Gasteiger partial charge in [0, 0.05) is 20.1 Å². The lowest BCUT2D eigenvalue weighted by Crippen LogP contribution is -2.47. The normalized spacial score (nSPS) is 19.5. The van der Waals surface area contributed by atoms with Crippen LogP contribution in [0.2, 0.25) is 0 Å². The summed E-state index contributed by atoms with van der Waals surface area (Å²) in [5, 5.41) is 8.73. The fraction of sp³-hybridized carbons (Fsp3) is 0.818. The second-order valence-corrected chi connectivity index (χ2v) is 4.37. The third-order valence-electron chi connectivity index (χ3n) is 3.12. The number of likely N-dealkylation sites (tertiary alicyclic amines) is 1. The van der Waals surface area contributed by atoms with Crippen LogP contribution in [0.4, 0.5) is 4.79 Å². The van der Waals surface area contributed by atoms with E-state index in [-0.39, 0.29) is 12.1 Å². The van der Waals surface area contributed by atoms with Crippen molar-refractivity contribution in [2.75, 3.05) is 20.1 Å². The summed E-state index contributed by atoms with van der Waals surface area (Å²) >= 11 is 0. The molecule has 0 spiro atoms. The molecule has 1 unspecified atom stereocenters. The van der Waals surface area contributed by atoms with E-state index in [1.807, 2.05) is 4.90 Å². The zero-order chi connectivity index (χ0) is 11.4. The highest BCUT2D eigenvalue weighted by Gasteiger charge is 2.24. The molecule has 1 rings (SSSR count). The van der Waals surface area contributed by atoms with Crippen molar-refractivity contribution in [1.29, 1.82) is 5.26 Å². The van der Waals surface area contributed by atoms with Crippen molar-refractivity contribution in [3.63, 3.8) is 0 Å². The van der Waals surface area contributed by atoms with E-state index in [1.165, 1.54) is 4.90 Å². The summed E-state index contributed by atoms with van der Waals surface area (Å²) in [4.78, 5) is 15.3. The van der Waals surface area contributed by atoms with Crippen molar-refractivity contribution < 1.29 is 4.79 Å². The molecule has 0 aliphatic carbocycles. The van der Waals surface area contributed by atoms with Gasteiger partial charge in [-0.05, 0) is 25.7 Å². The van der Waals surface area contributed by atoms with Crippen LogP contribution in [-0.2, 0) is 0 Å². The fourth-order valence-corrected chi connectivity index (χ4v) is 1.68. The van der Waals surface area contributed by atoms with Gasteiger partial charge in [-0.1, -0.05) is 6.92 Å². The SMILES string of the molecule is CC1CCN(C(=O)N(C)C(C)C#N)CC1. The molecule has 0 bridgehead atoms. The Labute approximate surface area is 91.5 Å². The number of piperidine rings is 1. The number of nitriles is 1. The Morgan fingerprint density at radius 1 is 1.53 bits per heavy atom. The lowest BCUT2D eigenvalue weighted by molar-refractivity contribution is 0.138. The van der Waals surface area contributed by atoms with Crippen molar-refractivity contribution in [2.45, 2.75) is 32.7 Å². The Kier molecular flexibility index (Phi) is 3.96. The maximum Gasteiger partial charge on any atom is 0.320 e. The van der Waals surface area contributed by atoms with Crippen LogP contribution < -0.4 is 0 Å². The van der Waals surface area contributed by atoms with Crippen molar-refractivity contribution in [3.8, 4) is 6.07 Å². The number of carbonyl (C=O) groups is 1. The molecule has 0 aromatic rings. The van der Waals surface area contributed by atoms with Gasteiger partial charge >= 0.3 is 6.03 Å². The smallest absolute Gasteiger partial charge is 0.320 e. The molecule has 84 valence electrons. The molecule has 0 radical (unpaired) electrons. The number of amides is 2. The van der Waals surface area contributed by atoms with Crippen LogP contribution >= 0.6 is 0 Å². The standard InChI is InChI=1S/C11H19N3O/c1-9-4-6-14(7-5-9)11(15)13(3)10(2)8-12/h9-10H,4-7H2,1-3H3. The van der Waals surface area contributed by atoms with E-state index < -0.39 is 0 Å². The van der Waals surface area contributed by atoms with Gasteiger partial charge in [-0.2, -0.15) is 5.26 Å². The number of hydrogen-bond donors (Lipinski definition) is 0. The maximum absolute atomic E-state index is 11.9. The molecule has 1 aliphatic heterocycles. The molecular formula is C11H19N3O. The number of carbonyl (C=O) groups excluding carboxylic acids is 1. The Balaban J connectivity index is 2.50. The summed E-state index contributed by atoms with van der Waals surface area (Å²) < 4.78 is 0. The van der Waals surface area contributed by atoms with Crippen LogP contribution in [0, 0.1) is 17.2 Å². The largest absolute Gasteiger partial charge is 0.325 e. The average Bonchev–Trinajstić information content (AvgIpc) is 2.27. The molecule has 4 heteroatoms. The van der Waals surface area contributed by atoms with Gasteiger partial charge in [0.15, 0.2) is 0 Å². The van der Waals surface area contributed by atoms with Gasteiger partial charge in [0.25, 0.3) is 0 Å². The first-order valence-electron chi connectivity index (χ1n) is 5.47. The van der Waals surface area contributed by atoms with Gasteiger partial charge in [0.2, 0.25) is 0 Å². The molecule has 1 fully saturated rings. The highest BCUT2D eigenvalue weighted by molar-refractivity contribution is 5.74. The molecule has 0 aromatic heterocycles. The van der Waals surface area contributed by atoms with Crippen LogP contribution in [0.15, 0.2) is 0 Å². The molecular weight excluding hydrogens is 190 g/mol. The third-order valence-corrected chi connectivity index (χ3v) is 3.12. The Morgan fingerprint density at radius 3 is 2.53 bits per heavy atom. The third kappa shape index (κ3) is 2.85. The summed E-state index contributed by atoms with van der Waals surface area (Å²) in [6, 6.07) is 1.70. The number of rotatable bonds is 1. The van der Waals surface area contributed by atoms with Crippen LogP contribution in [-0.4, -0.2) is 42.0 Å². The molecule has 4 nitrogen and oxygen atoms in total. The molecule has 0 saturated carbocycles. The zero-order valence-electron chi connectivity index (χ0n) is 9.73. The highest BCUT2D eigenvalue weighted by atomic mass is 16.2. The summed E-state index contributed by atoms with van der Waals surface area (Å²) in [5.41, 5.74) is 0. The maximum atomic E-state index is 11.9. The first kappa shape index (κ1) is 11.8. The molecule has 1 atom stereocenters. The van der Waals surface area contributed by atoms with Gasteiger partial charge in [-0.15, -0.1) is 0 Å². The minimum absolute atomic E-state index is 0.0176. The van der Waals surface area contributed by atoms with Gasteiger partial charge in [0.05, 0.1) is 6.07 Å². The lowest BCUT2D eigenvalue weighted by atomic mass is 9.99. The first-order valence-corrected chi connectivity index (χ1v) is 5.47. The molecule has 0 aromatic carbocycles. The van der Waals surface area contributed by atoms with E-state index in [4.69, 9.17) is 5.26 Å². The van der Waals surface area contributed by atoms with Gasteiger partial charge in [-0.3, -0.25) is 0 Å². The Morgan fingerprint density at radius 2 is 2.07 bits per heavy atom. The minimum Gasteiger partial charge on any atom is -0.325 e. The van der Waals surface area contributed by atoms with Gasteiger partial charge in [-0.25, -0.2) is 4.79 Å². The summed E-state index contributed by atoms with van der Waals surface area (Å²) in [7, 11) is 1.69. The minimum atomic E-state index is -0.350. The van der Waals surface area contributed by atoms with Crippen molar-refractivity contribution >= 4 is 6.03 Å². The van der Waals surface area contributed by atoms with Gasteiger partial charge < -0.3 is 9.80 Å². The summed E-state index contributed by atoms with van der Waals surface area (Å²) in [6.07, 6.45) is 2.14. The molecule has 1 saturated heterocycles. The average molecular weight is 209 g/mol. The van der Waals surface area contributed by atoms with E-state index in [0.717, 1.165) is 25.9 Å². The lowest BCUT2D eigenvalue weighted by Gasteiger charge is -2.34. The molecule has 1 heterocycles. The zero-order valence-corrected chi connectivity index (χ0v) is 9.73. The Bertz CT molecular complexity index is 263. The second kappa shape index (κ2) is 5.01. The number of urea groups is 1. The molecule has 15 heavy (non-hydrogen) atoms. The number of hydrogen-bond acceptors (Lipinski definition) is 2. The summed E-state index contributed by atoms with van der Waals surface area (Å²) in [5.74, 6) is 0.716. The fourth-order valence-electron chi connectivity index (χ4n) is 1.68. The second-order valence-electron chi connectivity index (χ2n) is 4.37. The van der Waals surface area contributed by atoms with E-state index >= 15 is 0 Å². The van der Waals surface area contributed by atoms with Gasteiger partial charge in [0.1, 0.15) is 6.04 Å². The molecule has 0 N–H and O–H groups in total. The molecule has 2 amide bonds. The van der Waals surface area contributed by atoms with E-state index in [0.29, 0.717) is 5.92 Å². The number of nitrogens with zero attached hydrogens (tertiary/aromatic N) is 3. The Hall–Kier alpha value is -1.24. The van der Waals surface area contributed by atoms with Crippen LogP contribution in [0.5, 0.6) is 0 Å². The first-order chi connectivity index (χ1) is 7.06. The topological polar surface area (TPSA) is 47.3 Å². The van der Waals surface area contributed by atoms with Crippen molar-refractivity contribution in [3.05, 3.63) is 0 Å². The highest BCUT2D eigenvalue weighted by Crippen LogP contribution is 2.17. The predicted octanol–water partition coefficient (Wildman–Crippen LogP) is 1.68. The summed E-state index contributed by atoms with van der Waals surface area (Å²) in [6.45, 7) is 5.60. The monoisotopic (exact) mass is 209 g/mol. The van der Waals surface area contributed by atoms with E-state index in [1.54, 1.807) is 14.0 Å². The molecule has 1 aliphatic rings. The van der Waals surface area contributed by atoms with Crippen LogP contribution in [0.3, 0.4) is 0 Å². The van der Waals surface area contributed by atoms with E-state index in [2.05, 4.69) is 13.0 Å². The predicted molar refractivity (Wildman–Crippen MR) is 58.2 cm³/mol.